The van der Waals surface area contributed by atoms with Gasteiger partial charge in [0.05, 0.1) is 6.54 Å². The molecule has 0 fully saturated rings. The number of rotatable bonds is 7. The van der Waals surface area contributed by atoms with Gasteiger partial charge >= 0.3 is 6.03 Å². The second kappa shape index (κ2) is 11.7. The number of hydrogen-bond acceptors (Lipinski definition) is 5. The number of tetrazole rings is 1. The minimum absolute atomic E-state index is 0.103. The van der Waals surface area contributed by atoms with E-state index in [1.807, 2.05) is 50.2 Å². The average molecular weight is 522 g/mol. The van der Waals surface area contributed by atoms with Gasteiger partial charge in [0.15, 0.2) is 0 Å². The zero-order valence-corrected chi connectivity index (χ0v) is 22.1. The second-order valence-electron chi connectivity index (χ2n) is 9.80. The molecule has 0 unspecified atom stereocenters. The van der Waals surface area contributed by atoms with Crippen LogP contribution in [0.2, 0.25) is 0 Å². The van der Waals surface area contributed by atoms with Gasteiger partial charge in [0, 0.05) is 16.9 Å². The van der Waals surface area contributed by atoms with Gasteiger partial charge in [-0.25, -0.2) is 4.79 Å². The smallest absolute Gasteiger partial charge is 0.308 e. The van der Waals surface area contributed by atoms with Gasteiger partial charge in [-0.2, -0.15) is 5.21 Å². The summed E-state index contributed by atoms with van der Waals surface area (Å²) in [6.07, 6.45) is 6.97. The first-order chi connectivity index (χ1) is 18.9. The molecule has 3 amide bonds. The summed E-state index contributed by atoms with van der Waals surface area (Å²) in [6, 6.07) is 21.0. The molecule has 0 aliphatic heterocycles. The zero-order valence-electron chi connectivity index (χ0n) is 22.1. The number of benzene rings is 3. The van der Waals surface area contributed by atoms with E-state index >= 15 is 0 Å². The van der Waals surface area contributed by atoms with E-state index in [1.54, 1.807) is 17.0 Å². The highest BCUT2D eigenvalue weighted by Gasteiger charge is 2.18. The Bertz CT molecular complexity index is 1460. The molecule has 0 saturated heterocycles. The Hall–Kier alpha value is -4.79. The molecule has 1 aromatic heterocycles. The maximum absolute atomic E-state index is 13.6. The van der Waals surface area contributed by atoms with Crippen LogP contribution in [0.25, 0.3) is 5.57 Å². The molecule has 4 aromatic rings. The van der Waals surface area contributed by atoms with Crippen molar-refractivity contribution in [3.05, 3.63) is 101 Å². The molecule has 0 radical (unpaired) electrons. The molecule has 0 spiro atoms. The number of carbonyl (C=O) groups is 2. The molecule has 0 atom stereocenters. The Morgan fingerprint density at radius 2 is 1.67 bits per heavy atom. The third kappa shape index (κ3) is 6.56. The average Bonchev–Trinajstić information content (AvgIpc) is 3.45. The van der Waals surface area contributed by atoms with Gasteiger partial charge in [-0.05, 0) is 109 Å². The number of urea groups is 1. The van der Waals surface area contributed by atoms with Gasteiger partial charge in [-0.1, -0.05) is 41.5 Å². The topological polar surface area (TPSA) is 116 Å². The van der Waals surface area contributed by atoms with Crippen molar-refractivity contribution in [1.29, 1.82) is 0 Å². The molecule has 1 aliphatic carbocycles. The van der Waals surface area contributed by atoms with Crippen molar-refractivity contribution in [3.8, 4) is 0 Å². The predicted octanol–water partition coefficient (Wildman–Crippen LogP) is 6.26. The predicted molar refractivity (Wildman–Crippen MR) is 153 cm³/mol. The Morgan fingerprint density at radius 3 is 2.31 bits per heavy atom. The normalized spacial score (nSPS) is 12.9. The highest BCUT2D eigenvalue weighted by molar-refractivity contribution is 6.03. The van der Waals surface area contributed by atoms with Crippen LogP contribution >= 0.6 is 0 Å². The van der Waals surface area contributed by atoms with E-state index in [1.165, 1.54) is 24.0 Å². The van der Waals surface area contributed by atoms with Crippen molar-refractivity contribution in [3.63, 3.8) is 0 Å². The summed E-state index contributed by atoms with van der Waals surface area (Å²) < 4.78 is 0. The van der Waals surface area contributed by atoms with Crippen molar-refractivity contribution in [2.45, 2.75) is 46.1 Å². The first-order valence-corrected chi connectivity index (χ1v) is 13.0. The Kier molecular flexibility index (Phi) is 7.77. The van der Waals surface area contributed by atoms with Crippen molar-refractivity contribution in [1.82, 2.24) is 20.6 Å². The van der Waals surface area contributed by atoms with Crippen LogP contribution in [0.5, 0.6) is 0 Å². The maximum atomic E-state index is 13.6. The van der Waals surface area contributed by atoms with E-state index in [2.05, 4.69) is 55.5 Å². The number of hydrogen-bond donors (Lipinski definition) is 3. The fraction of sp³-hybridized carbons (Fsp3) is 0.233. The van der Waals surface area contributed by atoms with E-state index in [-0.39, 0.29) is 17.9 Å². The second-order valence-corrected chi connectivity index (χ2v) is 9.80. The molecular weight excluding hydrogens is 490 g/mol. The molecule has 9 heteroatoms. The number of aromatic amines is 1. The van der Waals surface area contributed by atoms with Gasteiger partial charge in [0.25, 0.3) is 11.9 Å². The van der Waals surface area contributed by atoms with E-state index in [0.717, 1.165) is 40.9 Å². The number of nitrogens with one attached hydrogen (secondary N) is 3. The summed E-state index contributed by atoms with van der Waals surface area (Å²) in [4.78, 5) is 27.8. The maximum Gasteiger partial charge on any atom is 0.326 e. The molecule has 3 N–H and O–H groups in total. The summed E-state index contributed by atoms with van der Waals surface area (Å²) in [5, 5.41) is 18.9. The number of carbonyl (C=O) groups excluding carboxylic acids is 2. The van der Waals surface area contributed by atoms with E-state index in [4.69, 9.17) is 0 Å². The SMILES string of the molecule is Cc1cc(C)cc(NC(=O)N(Cc2ccc(C(=O)Nc3nn[nH]n3)cc2)c2ccc(C3=CCCCC3)cc2)c1. The minimum atomic E-state index is -0.347. The van der Waals surface area contributed by atoms with Gasteiger partial charge in [0.2, 0.25) is 0 Å². The fourth-order valence-corrected chi connectivity index (χ4v) is 4.81. The molecule has 9 nitrogen and oxygen atoms in total. The number of H-pyrrole nitrogens is 1. The standard InChI is InChI=1S/C30H31N7O2/c1-20-16-21(2)18-26(17-20)31-30(39)37(27-14-12-24(13-15-27)23-6-4-3-5-7-23)19-22-8-10-25(11-9-22)28(38)32-29-33-35-36-34-29/h6,8-18H,3-5,7,19H2,1-2H3,(H,31,39)(H2,32,33,34,35,36,38). The van der Waals surface area contributed by atoms with Crippen molar-refractivity contribution in [2.24, 2.45) is 0 Å². The van der Waals surface area contributed by atoms with Crippen LogP contribution in [-0.2, 0) is 6.54 Å². The largest absolute Gasteiger partial charge is 0.326 e. The zero-order chi connectivity index (χ0) is 27.2. The lowest BCUT2D eigenvalue weighted by Gasteiger charge is -2.24. The van der Waals surface area contributed by atoms with Crippen LogP contribution in [0.15, 0.2) is 72.8 Å². The van der Waals surface area contributed by atoms with Gasteiger partial charge in [0.1, 0.15) is 0 Å². The Balaban J connectivity index is 1.37. The number of aryl methyl sites for hydroxylation is 2. The van der Waals surface area contributed by atoms with Crippen molar-refractivity contribution >= 4 is 34.8 Å². The lowest BCUT2D eigenvalue weighted by atomic mass is 9.93. The molecule has 0 bridgehead atoms. The van der Waals surface area contributed by atoms with Gasteiger partial charge in [-0.3, -0.25) is 15.0 Å². The van der Waals surface area contributed by atoms with E-state index in [9.17, 15) is 9.59 Å². The lowest BCUT2D eigenvalue weighted by Crippen LogP contribution is -2.34. The number of nitrogens with zero attached hydrogens (tertiary/aromatic N) is 4. The Morgan fingerprint density at radius 1 is 0.923 bits per heavy atom. The molecule has 0 saturated carbocycles. The number of anilines is 3. The molecular formula is C30H31N7O2. The third-order valence-corrected chi connectivity index (χ3v) is 6.69. The highest BCUT2D eigenvalue weighted by atomic mass is 16.2. The van der Waals surface area contributed by atoms with Gasteiger partial charge in [-0.15, -0.1) is 5.10 Å². The molecule has 1 aliphatic rings. The van der Waals surface area contributed by atoms with Crippen molar-refractivity contribution < 1.29 is 9.59 Å². The quantitative estimate of drug-likeness (QED) is 0.265. The van der Waals surface area contributed by atoms with Crippen LogP contribution in [0.4, 0.5) is 22.1 Å². The summed E-state index contributed by atoms with van der Waals surface area (Å²) in [7, 11) is 0. The number of allylic oxidation sites excluding steroid dienone is 2. The molecule has 39 heavy (non-hydrogen) atoms. The van der Waals surface area contributed by atoms with Crippen LogP contribution in [0.1, 0.15) is 58.3 Å². The molecule has 198 valence electrons. The van der Waals surface area contributed by atoms with Gasteiger partial charge < -0.3 is 5.32 Å². The molecule has 3 aromatic carbocycles. The first-order valence-electron chi connectivity index (χ1n) is 13.0. The number of amides is 3. The summed E-state index contributed by atoms with van der Waals surface area (Å²) in [5.74, 6) is -0.245. The monoisotopic (exact) mass is 521 g/mol. The van der Waals surface area contributed by atoms with Crippen LogP contribution in [0.3, 0.4) is 0 Å². The van der Waals surface area contributed by atoms with Crippen LogP contribution in [0, 0.1) is 13.8 Å². The third-order valence-electron chi connectivity index (χ3n) is 6.69. The van der Waals surface area contributed by atoms with E-state index in [0.29, 0.717) is 12.1 Å². The lowest BCUT2D eigenvalue weighted by molar-refractivity contribution is 0.102. The number of aromatic nitrogens is 4. The summed E-state index contributed by atoms with van der Waals surface area (Å²) in [5.41, 5.74) is 7.59. The van der Waals surface area contributed by atoms with E-state index < -0.39 is 0 Å². The Labute approximate surface area is 227 Å². The van der Waals surface area contributed by atoms with Crippen LogP contribution < -0.4 is 15.5 Å². The molecule has 1 heterocycles. The van der Waals surface area contributed by atoms with Crippen molar-refractivity contribution in [2.75, 3.05) is 15.5 Å². The fourth-order valence-electron chi connectivity index (χ4n) is 4.81. The summed E-state index contributed by atoms with van der Waals surface area (Å²) >= 11 is 0. The first kappa shape index (κ1) is 25.8. The molecule has 5 rings (SSSR count). The summed E-state index contributed by atoms with van der Waals surface area (Å²) in [6.45, 7) is 4.34. The highest BCUT2D eigenvalue weighted by Crippen LogP contribution is 2.29. The minimum Gasteiger partial charge on any atom is -0.308 e. The van der Waals surface area contributed by atoms with Crippen LogP contribution in [-0.4, -0.2) is 32.6 Å².